The Morgan fingerprint density at radius 3 is 2.76 bits per heavy atom. The van der Waals surface area contributed by atoms with Gasteiger partial charge in [-0.25, -0.2) is 4.79 Å². The van der Waals surface area contributed by atoms with Gasteiger partial charge in [-0.3, -0.25) is 9.69 Å². The Morgan fingerprint density at radius 2 is 2.10 bits per heavy atom. The molecule has 1 aromatic rings. The first-order chi connectivity index (χ1) is 9.99. The van der Waals surface area contributed by atoms with E-state index in [1.54, 1.807) is 0 Å². The van der Waals surface area contributed by atoms with Gasteiger partial charge in [0.05, 0.1) is 13.7 Å². The average Bonchev–Trinajstić information content (AvgIpc) is 2.88. The number of carbonyl (C=O) groups is 2. The molecule has 1 saturated heterocycles. The molecular weight excluding hydrogens is 268 g/mol. The number of Topliss-reactive ketones (excluding diaryl/α,β-unsaturated/α-hetero) is 1. The van der Waals surface area contributed by atoms with Gasteiger partial charge in [-0.2, -0.15) is 0 Å². The summed E-state index contributed by atoms with van der Waals surface area (Å²) in [5.74, 6) is 0.122. The third kappa shape index (κ3) is 4.04. The lowest BCUT2D eigenvalue weighted by molar-refractivity contribution is 0.0944. The number of methoxy groups -OCH3 is 1. The topological polar surface area (TPSA) is 58.6 Å². The normalized spacial score (nSPS) is 18.5. The van der Waals surface area contributed by atoms with Crippen molar-refractivity contribution in [3.63, 3.8) is 0 Å². The number of likely N-dealkylation sites (tertiary alicyclic amines) is 1. The van der Waals surface area contributed by atoms with E-state index in [1.807, 2.05) is 32.0 Å². The Hall–Kier alpha value is -1.88. The van der Waals surface area contributed by atoms with Crippen LogP contribution in [-0.4, -0.2) is 49.6 Å². The Morgan fingerprint density at radius 1 is 1.33 bits per heavy atom. The van der Waals surface area contributed by atoms with Gasteiger partial charge < -0.3 is 10.1 Å². The maximum Gasteiger partial charge on any atom is 0.407 e. The zero-order valence-electron chi connectivity index (χ0n) is 12.8. The van der Waals surface area contributed by atoms with Gasteiger partial charge in [0.2, 0.25) is 0 Å². The van der Waals surface area contributed by atoms with Crippen LogP contribution in [0, 0.1) is 13.8 Å². The zero-order valence-corrected chi connectivity index (χ0v) is 12.8. The summed E-state index contributed by atoms with van der Waals surface area (Å²) in [4.78, 5) is 25.5. The van der Waals surface area contributed by atoms with Gasteiger partial charge in [0.15, 0.2) is 5.78 Å². The van der Waals surface area contributed by atoms with E-state index >= 15 is 0 Å². The Bertz CT molecular complexity index is 542. The lowest BCUT2D eigenvalue weighted by Crippen LogP contribution is -2.38. The standard InChI is InChI=1S/C16H22N2O3/c1-11-4-5-13(8-12(11)2)15(19)10-18-7-6-14(9-18)17-16(20)21-3/h4-5,8,14H,6-7,9-10H2,1-3H3,(H,17,20). The maximum atomic E-state index is 12.3. The zero-order chi connectivity index (χ0) is 15.4. The highest BCUT2D eigenvalue weighted by Crippen LogP contribution is 2.13. The molecule has 5 heteroatoms. The summed E-state index contributed by atoms with van der Waals surface area (Å²) in [5.41, 5.74) is 3.07. The Labute approximate surface area is 125 Å². The van der Waals surface area contributed by atoms with E-state index in [0.717, 1.165) is 24.1 Å². The fourth-order valence-electron chi connectivity index (χ4n) is 2.53. The molecule has 114 valence electrons. The second-order valence-corrected chi connectivity index (χ2v) is 5.58. The fourth-order valence-corrected chi connectivity index (χ4v) is 2.53. The number of aryl methyl sites for hydroxylation is 2. The van der Waals surface area contributed by atoms with Gasteiger partial charge in [-0.05, 0) is 37.5 Å². The molecule has 0 spiro atoms. The predicted octanol–water partition coefficient (Wildman–Crippen LogP) is 1.92. The van der Waals surface area contributed by atoms with Crippen molar-refractivity contribution >= 4 is 11.9 Å². The number of hydrogen-bond donors (Lipinski definition) is 1. The highest BCUT2D eigenvalue weighted by Gasteiger charge is 2.25. The number of ketones is 1. The molecule has 0 bridgehead atoms. The number of nitrogens with zero attached hydrogens (tertiary/aromatic N) is 1. The van der Waals surface area contributed by atoms with Crippen molar-refractivity contribution in [2.45, 2.75) is 26.3 Å². The van der Waals surface area contributed by atoms with Crippen LogP contribution >= 0.6 is 0 Å². The summed E-state index contributed by atoms with van der Waals surface area (Å²) in [6, 6.07) is 5.86. The number of rotatable bonds is 4. The molecule has 1 aliphatic rings. The average molecular weight is 290 g/mol. The molecular formula is C16H22N2O3. The molecule has 21 heavy (non-hydrogen) atoms. The van der Waals surface area contributed by atoms with Crippen molar-refractivity contribution in [3.05, 3.63) is 34.9 Å². The second-order valence-electron chi connectivity index (χ2n) is 5.58. The van der Waals surface area contributed by atoms with Gasteiger partial charge in [-0.15, -0.1) is 0 Å². The smallest absolute Gasteiger partial charge is 0.407 e. The number of amides is 1. The quantitative estimate of drug-likeness (QED) is 0.861. The molecule has 0 aromatic heterocycles. The number of carbonyl (C=O) groups excluding carboxylic acids is 2. The second kappa shape index (κ2) is 6.72. The first-order valence-electron chi connectivity index (χ1n) is 7.17. The maximum absolute atomic E-state index is 12.3. The van der Waals surface area contributed by atoms with E-state index in [9.17, 15) is 9.59 Å². The molecule has 0 saturated carbocycles. The summed E-state index contributed by atoms with van der Waals surface area (Å²) in [7, 11) is 1.35. The molecule has 0 radical (unpaired) electrons. The van der Waals surface area contributed by atoms with Crippen LogP contribution in [0.25, 0.3) is 0 Å². The first-order valence-corrected chi connectivity index (χ1v) is 7.17. The van der Waals surface area contributed by atoms with Crippen molar-refractivity contribution in [1.29, 1.82) is 0 Å². The van der Waals surface area contributed by atoms with E-state index in [0.29, 0.717) is 13.1 Å². The third-order valence-electron chi connectivity index (χ3n) is 3.98. The highest BCUT2D eigenvalue weighted by molar-refractivity contribution is 5.97. The van der Waals surface area contributed by atoms with Gasteiger partial charge >= 0.3 is 6.09 Å². The molecule has 1 aliphatic heterocycles. The number of benzene rings is 1. The molecule has 0 aliphatic carbocycles. The summed E-state index contributed by atoms with van der Waals surface area (Å²) >= 11 is 0. The van der Waals surface area contributed by atoms with Gasteiger partial charge in [0, 0.05) is 24.7 Å². The molecule has 2 rings (SSSR count). The number of nitrogens with one attached hydrogen (secondary N) is 1. The molecule has 5 nitrogen and oxygen atoms in total. The Kier molecular flexibility index (Phi) is 4.96. The highest BCUT2D eigenvalue weighted by atomic mass is 16.5. The SMILES string of the molecule is COC(=O)NC1CCN(CC(=O)c2ccc(C)c(C)c2)C1. The number of alkyl carbamates (subject to hydrolysis) is 1. The van der Waals surface area contributed by atoms with Crippen molar-refractivity contribution in [2.75, 3.05) is 26.7 Å². The molecule has 1 unspecified atom stereocenters. The molecule has 1 aromatic carbocycles. The number of hydrogen-bond acceptors (Lipinski definition) is 4. The first kappa shape index (κ1) is 15.5. The number of ether oxygens (including phenoxy) is 1. The van der Waals surface area contributed by atoms with E-state index in [2.05, 4.69) is 15.0 Å². The van der Waals surface area contributed by atoms with Crippen LogP contribution in [0.4, 0.5) is 4.79 Å². The van der Waals surface area contributed by atoms with E-state index in [-0.39, 0.29) is 11.8 Å². The largest absolute Gasteiger partial charge is 0.453 e. The van der Waals surface area contributed by atoms with Crippen LogP contribution in [0.5, 0.6) is 0 Å². The summed E-state index contributed by atoms with van der Waals surface area (Å²) < 4.78 is 4.59. The van der Waals surface area contributed by atoms with Crippen LogP contribution < -0.4 is 5.32 Å². The van der Waals surface area contributed by atoms with Gasteiger partial charge in [0.1, 0.15) is 0 Å². The molecule has 1 atom stereocenters. The lowest BCUT2D eigenvalue weighted by Gasteiger charge is -2.16. The van der Waals surface area contributed by atoms with Crippen molar-refractivity contribution < 1.29 is 14.3 Å². The minimum atomic E-state index is -0.415. The lowest BCUT2D eigenvalue weighted by atomic mass is 10.0. The van der Waals surface area contributed by atoms with E-state index in [4.69, 9.17) is 0 Å². The van der Waals surface area contributed by atoms with E-state index < -0.39 is 6.09 Å². The predicted molar refractivity (Wildman–Crippen MR) is 80.6 cm³/mol. The summed E-state index contributed by atoms with van der Waals surface area (Å²) in [6.45, 7) is 5.93. The fraction of sp³-hybridized carbons (Fsp3) is 0.500. The van der Waals surface area contributed by atoms with Crippen molar-refractivity contribution in [1.82, 2.24) is 10.2 Å². The molecule has 1 N–H and O–H groups in total. The summed E-state index contributed by atoms with van der Waals surface area (Å²) in [5, 5.41) is 2.77. The van der Waals surface area contributed by atoms with Crippen LogP contribution in [0.3, 0.4) is 0 Å². The van der Waals surface area contributed by atoms with Crippen LogP contribution in [0.2, 0.25) is 0 Å². The minimum absolute atomic E-state index is 0.0602. The van der Waals surface area contributed by atoms with Gasteiger partial charge in [-0.1, -0.05) is 12.1 Å². The monoisotopic (exact) mass is 290 g/mol. The molecule has 1 heterocycles. The van der Waals surface area contributed by atoms with Crippen LogP contribution in [0.1, 0.15) is 27.9 Å². The van der Waals surface area contributed by atoms with Crippen LogP contribution in [-0.2, 0) is 4.74 Å². The van der Waals surface area contributed by atoms with Crippen molar-refractivity contribution in [2.24, 2.45) is 0 Å². The summed E-state index contributed by atoms with van der Waals surface area (Å²) in [6.07, 6.45) is 0.428. The van der Waals surface area contributed by atoms with Gasteiger partial charge in [0.25, 0.3) is 0 Å². The van der Waals surface area contributed by atoms with E-state index in [1.165, 1.54) is 12.7 Å². The molecule has 1 amide bonds. The van der Waals surface area contributed by atoms with Crippen molar-refractivity contribution in [3.8, 4) is 0 Å². The third-order valence-corrected chi connectivity index (χ3v) is 3.98. The molecule has 1 fully saturated rings. The van der Waals surface area contributed by atoms with Crippen LogP contribution in [0.15, 0.2) is 18.2 Å². The minimum Gasteiger partial charge on any atom is -0.453 e. The Balaban J connectivity index is 1.89.